The molecule has 2 N–H and O–H groups in total. The Labute approximate surface area is 166 Å². The van der Waals surface area contributed by atoms with Crippen molar-refractivity contribution in [2.45, 2.75) is 39.7 Å². The monoisotopic (exact) mass is 394 g/mol. The number of hydrogen-bond acceptors (Lipinski definition) is 5. The molecule has 0 atom stereocenters. The maximum atomic E-state index is 13.1. The molecule has 0 unspecified atom stereocenters. The number of fused-ring (bicyclic) bond motifs is 1. The third-order valence-corrected chi connectivity index (χ3v) is 5.42. The molecule has 0 aliphatic carbocycles. The minimum Gasteiger partial charge on any atom is -0.305 e. The number of H-pyrrole nitrogens is 1. The summed E-state index contributed by atoms with van der Waals surface area (Å²) in [4.78, 5) is 18.9. The summed E-state index contributed by atoms with van der Waals surface area (Å²) in [6.45, 7) is 8.22. The van der Waals surface area contributed by atoms with Crippen molar-refractivity contribution in [3.63, 3.8) is 0 Å². The summed E-state index contributed by atoms with van der Waals surface area (Å²) in [7, 11) is 0. The number of carbonyl (C=O) groups excluding carboxylic acids is 1. The fourth-order valence-electron chi connectivity index (χ4n) is 3.03. The van der Waals surface area contributed by atoms with Gasteiger partial charge in [0.1, 0.15) is 0 Å². The third kappa shape index (κ3) is 3.31. The van der Waals surface area contributed by atoms with Crippen LogP contribution in [0, 0.1) is 0 Å². The molecule has 1 amide bonds. The number of pyridine rings is 1. The zero-order valence-corrected chi connectivity index (χ0v) is 17.0. The molecule has 4 aromatic heterocycles. The van der Waals surface area contributed by atoms with Gasteiger partial charge in [-0.3, -0.25) is 9.89 Å². The van der Waals surface area contributed by atoms with Crippen molar-refractivity contribution in [2.75, 3.05) is 5.32 Å². The van der Waals surface area contributed by atoms with Gasteiger partial charge in [-0.25, -0.2) is 9.67 Å². The van der Waals surface area contributed by atoms with E-state index in [1.165, 1.54) is 0 Å². The highest BCUT2D eigenvalue weighted by molar-refractivity contribution is 7.13. The SMILES string of the molecule is CC(C)c1cc(C(=O)Nc2cc(-c3cccs3)[nH]n2)c2cnn(C(C)C)c2n1. The van der Waals surface area contributed by atoms with Crippen molar-refractivity contribution < 1.29 is 4.79 Å². The molecule has 0 saturated carbocycles. The average Bonchev–Trinajstić information content (AvgIpc) is 3.40. The fourth-order valence-corrected chi connectivity index (χ4v) is 3.72. The minimum absolute atomic E-state index is 0.156. The van der Waals surface area contributed by atoms with Crippen molar-refractivity contribution >= 4 is 34.1 Å². The smallest absolute Gasteiger partial charge is 0.257 e. The van der Waals surface area contributed by atoms with E-state index < -0.39 is 0 Å². The van der Waals surface area contributed by atoms with Crippen LogP contribution in [0.5, 0.6) is 0 Å². The van der Waals surface area contributed by atoms with E-state index in [1.54, 1.807) is 17.5 Å². The summed E-state index contributed by atoms with van der Waals surface area (Å²) in [6.07, 6.45) is 1.71. The number of rotatable bonds is 5. The molecule has 4 rings (SSSR count). The van der Waals surface area contributed by atoms with Gasteiger partial charge in [0.25, 0.3) is 5.91 Å². The Balaban J connectivity index is 1.70. The van der Waals surface area contributed by atoms with Gasteiger partial charge in [-0.15, -0.1) is 11.3 Å². The van der Waals surface area contributed by atoms with Gasteiger partial charge < -0.3 is 5.32 Å². The van der Waals surface area contributed by atoms with Gasteiger partial charge in [0.15, 0.2) is 11.5 Å². The number of carbonyl (C=O) groups is 1. The number of hydrogen-bond donors (Lipinski definition) is 2. The number of nitrogens with one attached hydrogen (secondary N) is 2. The minimum atomic E-state index is -0.221. The molecule has 0 bridgehead atoms. The first-order chi connectivity index (χ1) is 13.4. The van der Waals surface area contributed by atoms with E-state index in [4.69, 9.17) is 4.98 Å². The van der Waals surface area contributed by atoms with Crippen LogP contribution in [-0.4, -0.2) is 30.9 Å². The molecule has 144 valence electrons. The molecule has 28 heavy (non-hydrogen) atoms. The Kier molecular flexibility index (Phi) is 4.72. The zero-order valence-electron chi connectivity index (χ0n) is 16.2. The van der Waals surface area contributed by atoms with Crippen LogP contribution in [0.1, 0.15) is 55.7 Å². The van der Waals surface area contributed by atoms with E-state index in [0.717, 1.165) is 27.3 Å². The van der Waals surface area contributed by atoms with Crippen LogP contribution in [0.2, 0.25) is 0 Å². The maximum absolute atomic E-state index is 13.1. The van der Waals surface area contributed by atoms with Gasteiger partial charge >= 0.3 is 0 Å². The second-order valence-corrected chi connectivity index (χ2v) is 8.22. The van der Waals surface area contributed by atoms with E-state index in [-0.39, 0.29) is 17.9 Å². The normalized spacial score (nSPS) is 11.6. The molecule has 0 fully saturated rings. The van der Waals surface area contributed by atoms with E-state index >= 15 is 0 Å². The second kappa shape index (κ2) is 7.20. The summed E-state index contributed by atoms with van der Waals surface area (Å²) in [5.41, 5.74) is 3.02. The summed E-state index contributed by atoms with van der Waals surface area (Å²) in [5, 5.41) is 17.3. The van der Waals surface area contributed by atoms with Gasteiger partial charge in [0.05, 0.1) is 27.7 Å². The van der Waals surface area contributed by atoms with Gasteiger partial charge in [-0.05, 0) is 37.3 Å². The first kappa shape index (κ1) is 18.4. The summed E-state index contributed by atoms with van der Waals surface area (Å²) >= 11 is 1.61. The van der Waals surface area contributed by atoms with E-state index in [0.29, 0.717) is 11.4 Å². The predicted molar refractivity (Wildman–Crippen MR) is 112 cm³/mol. The summed E-state index contributed by atoms with van der Waals surface area (Å²) < 4.78 is 1.85. The molecule has 7 nitrogen and oxygen atoms in total. The van der Waals surface area contributed by atoms with Crippen LogP contribution in [0.4, 0.5) is 5.82 Å². The predicted octanol–water partition coefficient (Wildman–Crippen LogP) is 4.84. The molecular weight excluding hydrogens is 372 g/mol. The topological polar surface area (TPSA) is 88.5 Å². The van der Waals surface area contributed by atoms with Crippen LogP contribution >= 0.6 is 11.3 Å². The van der Waals surface area contributed by atoms with E-state index in [1.807, 2.05) is 48.2 Å². The lowest BCUT2D eigenvalue weighted by Gasteiger charge is -2.12. The zero-order chi connectivity index (χ0) is 19.8. The van der Waals surface area contributed by atoms with E-state index in [9.17, 15) is 4.79 Å². The Bertz CT molecular complexity index is 1120. The lowest BCUT2D eigenvalue weighted by Crippen LogP contribution is -2.14. The molecule has 0 aromatic carbocycles. The number of thiophene rings is 1. The van der Waals surface area contributed by atoms with Gasteiger partial charge in [0.2, 0.25) is 0 Å². The number of nitrogens with zero attached hydrogens (tertiary/aromatic N) is 4. The standard InChI is InChI=1S/C20H22N6OS/c1-11(2)15-8-13(14-10-21-26(12(3)4)19(14)22-15)20(27)23-18-9-16(24-25-18)17-6-5-7-28-17/h5-12H,1-4H3,(H2,23,24,25,27). The fraction of sp³-hybridized carbons (Fsp3) is 0.300. The third-order valence-electron chi connectivity index (χ3n) is 4.52. The van der Waals surface area contributed by atoms with Crippen LogP contribution in [-0.2, 0) is 0 Å². The quantitative estimate of drug-likeness (QED) is 0.507. The lowest BCUT2D eigenvalue weighted by atomic mass is 10.0. The van der Waals surface area contributed by atoms with Crippen molar-refractivity contribution in [1.82, 2.24) is 25.0 Å². The van der Waals surface area contributed by atoms with Crippen molar-refractivity contribution in [3.05, 3.63) is 47.1 Å². The number of aromatic nitrogens is 5. The van der Waals surface area contributed by atoms with Crippen LogP contribution < -0.4 is 5.32 Å². The molecule has 0 saturated heterocycles. The Morgan fingerprint density at radius 1 is 1.25 bits per heavy atom. The molecule has 0 radical (unpaired) electrons. The Hall–Kier alpha value is -3.00. The first-order valence-corrected chi connectivity index (χ1v) is 10.1. The van der Waals surface area contributed by atoms with Gasteiger partial charge in [-0.1, -0.05) is 19.9 Å². The van der Waals surface area contributed by atoms with Crippen LogP contribution in [0.25, 0.3) is 21.6 Å². The van der Waals surface area contributed by atoms with Crippen molar-refractivity contribution in [3.8, 4) is 10.6 Å². The maximum Gasteiger partial charge on any atom is 0.257 e. The Morgan fingerprint density at radius 2 is 2.07 bits per heavy atom. The first-order valence-electron chi connectivity index (χ1n) is 9.23. The number of aromatic amines is 1. The highest BCUT2D eigenvalue weighted by atomic mass is 32.1. The molecular formula is C20H22N6OS. The number of amides is 1. The van der Waals surface area contributed by atoms with E-state index in [2.05, 4.69) is 34.5 Å². The summed E-state index contributed by atoms with van der Waals surface area (Å²) in [5.74, 6) is 0.463. The molecule has 4 aromatic rings. The second-order valence-electron chi connectivity index (χ2n) is 7.27. The lowest BCUT2D eigenvalue weighted by molar-refractivity contribution is 0.102. The largest absolute Gasteiger partial charge is 0.305 e. The Morgan fingerprint density at radius 3 is 2.75 bits per heavy atom. The molecule has 0 aliphatic heterocycles. The average molecular weight is 395 g/mol. The van der Waals surface area contributed by atoms with Gasteiger partial charge in [0, 0.05) is 17.8 Å². The number of anilines is 1. The van der Waals surface area contributed by atoms with Crippen LogP contribution in [0.3, 0.4) is 0 Å². The van der Waals surface area contributed by atoms with Crippen LogP contribution in [0.15, 0.2) is 35.8 Å². The molecule has 8 heteroatoms. The van der Waals surface area contributed by atoms with Crippen molar-refractivity contribution in [2.24, 2.45) is 0 Å². The molecule has 0 spiro atoms. The molecule has 0 aliphatic rings. The highest BCUT2D eigenvalue weighted by Gasteiger charge is 2.19. The van der Waals surface area contributed by atoms with Gasteiger partial charge in [-0.2, -0.15) is 10.2 Å². The summed E-state index contributed by atoms with van der Waals surface area (Å²) in [6, 6.07) is 7.82. The molecule has 4 heterocycles. The highest BCUT2D eigenvalue weighted by Crippen LogP contribution is 2.27. The van der Waals surface area contributed by atoms with Crippen molar-refractivity contribution in [1.29, 1.82) is 0 Å².